The number of amides is 1. The van der Waals surface area contributed by atoms with Crippen LogP contribution in [0.3, 0.4) is 0 Å². The van der Waals surface area contributed by atoms with Gasteiger partial charge in [0.1, 0.15) is 22.2 Å². The molecule has 3 aromatic rings. The summed E-state index contributed by atoms with van der Waals surface area (Å²) in [4.78, 5) is 16.9. The zero-order valence-corrected chi connectivity index (χ0v) is 17.8. The number of thiazole rings is 1. The molecular formula is C23H26N2O3S. The molecule has 29 heavy (non-hydrogen) atoms. The van der Waals surface area contributed by atoms with Crippen LogP contribution >= 0.6 is 11.3 Å². The molecule has 0 fully saturated rings. The Hall–Kier alpha value is -2.86. The molecule has 0 aliphatic rings. The Kier molecular flexibility index (Phi) is 7.25. The summed E-state index contributed by atoms with van der Waals surface area (Å²) in [6, 6.07) is 15.7. The minimum atomic E-state index is -0.159. The molecule has 1 amide bonds. The first-order valence-corrected chi connectivity index (χ1v) is 10.5. The van der Waals surface area contributed by atoms with Crippen molar-refractivity contribution in [3.63, 3.8) is 0 Å². The van der Waals surface area contributed by atoms with Crippen LogP contribution in [-0.4, -0.2) is 31.2 Å². The van der Waals surface area contributed by atoms with Crippen molar-refractivity contribution in [3.8, 4) is 22.1 Å². The molecule has 1 N–H and O–H groups in total. The van der Waals surface area contributed by atoms with Crippen molar-refractivity contribution >= 4 is 17.2 Å². The third kappa shape index (κ3) is 6.06. The normalized spacial score (nSPS) is 10.8. The van der Waals surface area contributed by atoms with Crippen LogP contribution in [0.2, 0.25) is 0 Å². The average Bonchev–Trinajstić information content (AvgIpc) is 3.23. The molecule has 152 valence electrons. The zero-order chi connectivity index (χ0) is 20.6. The average molecular weight is 411 g/mol. The summed E-state index contributed by atoms with van der Waals surface area (Å²) in [7, 11) is 1.65. The lowest BCUT2D eigenvalue weighted by atomic mass is 10.1. The number of methoxy groups -OCH3 is 1. The van der Waals surface area contributed by atoms with E-state index in [2.05, 4.69) is 24.1 Å². The van der Waals surface area contributed by atoms with Gasteiger partial charge >= 0.3 is 0 Å². The lowest BCUT2D eigenvalue weighted by Crippen LogP contribution is -2.25. The highest BCUT2D eigenvalue weighted by molar-refractivity contribution is 7.13. The Morgan fingerprint density at radius 1 is 1.14 bits per heavy atom. The van der Waals surface area contributed by atoms with Gasteiger partial charge < -0.3 is 14.8 Å². The molecule has 0 radical (unpaired) electrons. The minimum absolute atomic E-state index is 0.159. The highest BCUT2D eigenvalue weighted by Crippen LogP contribution is 2.27. The van der Waals surface area contributed by atoms with Gasteiger partial charge in [-0.2, -0.15) is 0 Å². The SMILES string of the molecule is COc1ccc(CCNC(=O)c2csc(-c3cccc(OCC(C)C)c3)n2)cc1. The third-order valence-electron chi connectivity index (χ3n) is 4.26. The first-order valence-electron chi connectivity index (χ1n) is 9.65. The van der Waals surface area contributed by atoms with Crippen LogP contribution in [-0.2, 0) is 6.42 Å². The number of ether oxygens (including phenoxy) is 2. The van der Waals surface area contributed by atoms with E-state index in [9.17, 15) is 4.79 Å². The van der Waals surface area contributed by atoms with Crippen LogP contribution in [0.4, 0.5) is 0 Å². The number of benzene rings is 2. The fourth-order valence-electron chi connectivity index (χ4n) is 2.70. The second-order valence-electron chi connectivity index (χ2n) is 7.12. The monoisotopic (exact) mass is 410 g/mol. The molecule has 0 spiro atoms. The van der Waals surface area contributed by atoms with Crippen molar-refractivity contribution in [2.75, 3.05) is 20.3 Å². The van der Waals surface area contributed by atoms with Crippen LogP contribution in [0.1, 0.15) is 29.9 Å². The number of rotatable bonds is 9. The molecule has 1 heterocycles. The van der Waals surface area contributed by atoms with Gasteiger partial charge in [-0.1, -0.05) is 38.1 Å². The molecule has 0 saturated heterocycles. The first-order chi connectivity index (χ1) is 14.0. The number of hydrogen-bond donors (Lipinski definition) is 1. The molecule has 0 aliphatic heterocycles. The van der Waals surface area contributed by atoms with Gasteiger partial charge in [-0.15, -0.1) is 11.3 Å². The smallest absolute Gasteiger partial charge is 0.270 e. The highest BCUT2D eigenvalue weighted by atomic mass is 32.1. The van der Waals surface area contributed by atoms with Gasteiger partial charge in [-0.25, -0.2) is 4.98 Å². The summed E-state index contributed by atoms with van der Waals surface area (Å²) in [5.41, 5.74) is 2.53. The van der Waals surface area contributed by atoms with E-state index in [4.69, 9.17) is 9.47 Å². The fourth-order valence-corrected chi connectivity index (χ4v) is 3.49. The molecule has 0 saturated carbocycles. The standard InChI is InChI=1S/C23H26N2O3S/c1-16(2)14-28-20-6-4-5-18(13-20)23-25-21(15-29-23)22(26)24-12-11-17-7-9-19(27-3)10-8-17/h4-10,13,15-16H,11-12,14H2,1-3H3,(H,24,26). The Labute approximate surface area is 175 Å². The predicted octanol–water partition coefficient (Wildman–Crippen LogP) is 4.83. The van der Waals surface area contributed by atoms with E-state index in [0.717, 1.165) is 34.1 Å². The van der Waals surface area contributed by atoms with E-state index in [-0.39, 0.29) is 5.91 Å². The van der Waals surface area contributed by atoms with Gasteiger partial charge in [0.05, 0.1) is 13.7 Å². The van der Waals surface area contributed by atoms with Crippen LogP contribution < -0.4 is 14.8 Å². The van der Waals surface area contributed by atoms with Gasteiger partial charge in [0, 0.05) is 17.5 Å². The molecule has 2 aromatic carbocycles. The summed E-state index contributed by atoms with van der Waals surface area (Å²) in [6.07, 6.45) is 0.752. The molecule has 0 aliphatic carbocycles. The molecule has 5 nitrogen and oxygen atoms in total. The van der Waals surface area contributed by atoms with E-state index in [1.807, 2.05) is 48.5 Å². The summed E-state index contributed by atoms with van der Waals surface area (Å²) in [5.74, 6) is 1.95. The number of nitrogens with one attached hydrogen (secondary N) is 1. The topological polar surface area (TPSA) is 60.5 Å². The molecule has 0 bridgehead atoms. The van der Waals surface area contributed by atoms with Gasteiger partial charge in [0.25, 0.3) is 5.91 Å². The quantitative estimate of drug-likeness (QED) is 0.549. The van der Waals surface area contributed by atoms with Crippen LogP contribution in [0.5, 0.6) is 11.5 Å². The summed E-state index contributed by atoms with van der Waals surface area (Å²) in [5, 5.41) is 5.53. The van der Waals surface area contributed by atoms with E-state index in [0.29, 0.717) is 24.8 Å². The van der Waals surface area contributed by atoms with Gasteiger partial charge in [0.2, 0.25) is 0 Å². The molecule has 0 unspecified atom stereocenters. The lowest BCUT2D eigenvalue weighted by molar-refractivity contribution is 0.0950. The third-order valence-corrected chi connectivity index (χ3v) is 5.15. The number of nitrogens with zero attached hydrogens (tertiary/aromatic N) is 1. The Balaban J connectivity index is 1.56. The number of hydrogen-bond acceptors (Lipinski definition) is 5. The summed E-state index contributed by atoms with van der Waals surface area (Å²) >= 11 is 1.46. The molecule has 3 rings (SSSR count). The Morgan fingerprint density at radius 3 is 2.66 bits per heavy atom. The second-order valence-corrected chi connectivity index (χ2v) is 7.98. The molecular weight excluding hydrogens is 384 g/mol. The van der Waals surface area contributed by atoms with Gasteiger partial charge in [0.15, 0.2) is 0 Å². The molecule has 0 atom stereocenters. The summed E-state index contributed by atoms with van der Waals surface area (Å²) in [6.45, 7) is 5.45. The first kappa shape index (κ1) is 20.9. The van der Waals surface area contributed by atoms with Crippen LogP contribution in [0, 0.1) is 5.92 Å². The van der Waals surface area contributed by atoms with E-state index in [1.54, 1.807) is 12.5 Å². The number of aromatic nitrogens is 1. The fraction of sp³-hybridized carbons (Fsp3) is 0.304. The van der Waals surface area contributed by atoms with Crippen molar-refractivity contribution in [2.24, 2.45) is 5.92 Å². The van der Waals surface area contributed by atoms with Gasteiger partial charge in [-0.3, -0.25) is 4.79 Å². The van der Waals surface area contributed by atoms with Crippen molar-refractivity contribution < 1.29 is 14.3 Å². The zero-order valence-electron chi connectivity index (χ0n) is 17.0. The Bertz CT molecular complexity index is 935. The predicted molar refractivity (Wildman–Crippen MR) is 117 cm³/mol. The molecule has 1 aromatic heterocycles. The van der Waals surface area contributed by atoms with Crippen molar-refractivity contribution in [1.82, 2.24) is 10.3 Å². The van der Waals surface area contributed by atoms with Gasteiger partial charge in [-0.05, 0) is 42.2 Å². The van der Waals surface area contributed by atoms with Crippen LogP contribution in [0.15, 0.2) is 53.9 Å². The minimum Gasteiger partial charge on any atom is -0.497 e. The number of carbonyl (C=O) groups is 1. The highest BCUT2D eigenvalue weighted by Gasteiger charge is 2.12. The summed E-state index contributed by atoms with van der Waals surface area (Å²) < 4.78 is 10.9. The van der Waals surface area contributed by atoms with E-state index < -0.39 is 0 Å². The number of carbonyl (C=O) groups excluding carboxylic acids is 1. The lowest BCUT2D eigenvalue weighted by Gasteiger charge is -2.09. The second kappa shape index (κ2) is 10.1. The maximum Gasteiger partial charge on any atom is 0.270 e. The largest absolute Gasteiger partial charge is 0.497 e. The van der Waals surface area contributed by atoms with Crippen molar-refractivity contribution in [2.45, 2.75) is 20.3 Å². The van der Waals surface area contributed by atoms with E-state index in [1.165, 1.54) is 11.3 Å². The van der Waals surface area contributed by atoms with Crippen molar-refractivity contribution in [3.05, 3.63) is 65.2 Å². The molecule has 6 heteroatoms. The van der Waals surface area contributed by atoms with E-state index >= 15 is 0 Å². The maximum atomic E-state index is 12.4. The van der Waals surface area contributed by atoms with Crippen LogP contribution in [0.25, 0.3) is 10.6 Å². The maximum absolute atomic E-state index is 12.4. The van der Waals surface area contributed by atoms with Crippen molar-refractivity contribution in [1.29, 1.82) is 0 Å². The Morgan fingerprint density at radius 2 is 1.93 bits per heavy atom.